The summed E-state index contributed by atoms with van der Waals surface area (Å²) in [4.78, 5) is 0. The Morgan fingerprint density at radius 1 is 1.36 bits per heavy atom. The second-order valence-electron chi connectivity index (χ2n) is 5.30. The minimum atomic E-state index is 0.321. The molecule has 0 N–H and O–H groups in total. The highest BCUT2D eigenvalue weighted by atomic mass is 35.5. The Labute approximate surface area is 140 Å². The maximum Gasteiger partial charge on any atom is 0.137 e. The quantitative estimate of drug-likeness (QED) is 0.498. The summed E-state index contributed by atoms with van der Waals surface area (Å²) >= 11 is 6.32. The topological polar surface area (TPSA) is 9.23 Å². The van der Waals surface area contributed by atoms with Gasteiger partial charge < -0.3 is 4.74 Å². The van der Waals surface area contributed by atoms with Crippen LogP contribution in [0.1, 0.15) is 50.7 Å². The molecule has 1 rings (SSSR count). The molecule has 1 aromatic carbocycles. The molecule has 0 saturated heterocycles. The fourth-order valence-corrected chi connectivity index (χ4v) is 3.09. The normalized spacial score (nSPS) is 13.4. The van der Waals surface area contributed by atoms with E-state index in [1.54, 1.807) is 7.11 Å². The summed E-state index contributed by atoms with van der Waals surface area (Å²) in [5.41, 5.74) is 3.87. The molecule has 0 heterocycles. The lowest BCUT2D eigenvalue weighted by Crippen LogP contribution is -2.05. The second-order valence-corrected chi connectivity index (χ2v) is 5.71. The molecule has 2 heteroatoms. The number of methoxy groups -OCH3 is 1. The molecule has 0 aromatic heterocycles. The first kappa shape index (κ1) is 18.6. The molecule has 0 radical (unpaired) electrons. The van der Waals surface area contributed by atoms with Gasteiger partial charge in [0.1, 0.15) is 5.75 Å². The van der Waals surface area contributed by atoms with E-state index in [1.165, 1.54) is 16.7 Å². The van der Waals surface area contributed by atoms with Gasteiger partial charge in [0, 0.05) is 5.92 Å². The van der Waals surface area contributed by atoms with Gasteiger partial charge in [0.25, 0.3) is 0 Å². The summed E-state index contributed by atoms with van der Waals surface area (Å²) in [5.74, 6) is 1.07. The van der Waals surface area contributed by atoms with E-state index in [2.05, 4.69) is 50.8 Å². The smallest absolute Gasteiger partial charge is 0.137 e. The predicted molar refractivity (Wildman–Crippen MR) is 98.1 cm³/mol. The Kier molecular flexibility index (Phi) is 8.05. The summed E-state index contributed by atoms with van der Waals surface area (Å²) in [6.45, 7) is 10.3. The number of allylic oxidation sites excluding steroid dienone is 5. The minimum absolute atomic E-state index is 0.321. The lowest BCUT2D eigenvalue weighted by Gasteiger charge is -2.22. The largest absolute Gasteiger partial charge is 0.495 e. The zero-order valence-corrected chi connectivity index (χ0v) is 14.9. The summed E-state index contributed by atoms with van der Waals surface area (Å²) in [6.07, 6.45) is 11.3. The minimum Gasteiger partial charge on any atom is -0.495 e. The van der Waals surface area contributed by atoms with Gasteiger partial charge in [0.2, 0.25) is 0 Å². The standard InChI is InChI=1S/C20H27ClO/c1-6-10-15(11-7-2)17(9-4)18-14-20(22-5)19(21)13-16(18)12-8-3/h6-7,10-11,13-14,17H,1,8-9,12H2,2-5H3/b11-7-,15-10+. The fraction of sp³-hybridized carbons (Fsp3) is 0.400. The van der Waals surface area contributed by atoms with Crippen LogP contribution in [0.5, 0.6) is 5.75 Å². The number of hydrogen-bond acceptors (Lipinski definition) is 1. The number of benzene rings is 1. The Bertz CT molecular complexity index is 555. The molecule has 120 valence electrons. The average molecular weight is 319 g/mol. The summed E-state index contributed by atoms with van der Waals surface area (Å²) in [7, 11) is 1.66. The van der Waals surface area contributed by atoms with Gasteiger partial charge in [-0.3, -0.25) is 0 Å². The highest BCUT2D eigenvalue weighted by Gasteiger charge is 2.18. The number of halogens is 1. The molecular formula is C20H27ClO. The molecule has 0 amide bonds. The molecule has 1 nitrogen and oxygen atoms in total. The first-order valence-electron chi connectivity index (χ1n) is 7.94. The third-order valence-electron chi connectivity index (χ3n) is 3.79. The van der Waals surface area contributed by atoms with Crippen molar-refractivity contribution in [3.63, 3.8) is 0 Å². The zero-order chi connectivity index (χ0) is 16.5. The molecule has 0 aliphatic carbocycles. The van der Waals surface area contributed by atoms with Gasteiger partial charge >= 0.3 is 0 Å². The van der Waals surface area contributed by atoms with E-state index in [0.717, 1.165) is 25.0 Å². The van der Waals surface area contributed by atoms with Crippen molar-refractivity contribution < 1.29 is 4.74 Å². The molecule has 0 fully saturated rings. The van der Waals surface area contributed by atoms with Crippen molar-refractivity contribution >= 4 is 11.6 Å². The van der Waals surface area contributed by atoms with Gasteiger partial charge in [-0.1, -0.05) is 62.8 Å². The van der Waals surface area contributed by atoms with Crippen molar-refractivity contribution in [3.05, 3.63) is 64.7 Å². The van der Waals surface area contributed by atoms with E-state index < -0.39 is 0 Å². The van der Waals surface area contributed by atoms with Gasteiger partial charge in [-0.05, 0) is 48.6 Å². The van der Waals surface area contributed by atoms with Crippen LogP contribution in [0.3, 0.4) is 0 Å². The number of ether oxygens (including phenoxy) is 1. The zero-order valence-electron chi connectivity index (χ0n) is 14.2. The van der Waals surface area contributed by atoms with Crippen molar-refractivity contribution in [1.29, 1.82) is 0 Å². The maximum absolute atomic E-state index is 6.32. The van der Waals surface area contributed by atoms with Crippen LogP contribution in [0.2, 0.25) is 5.02 Å². The van der Waals surface area contributed by atoms with Crippen LogP contribution in [0.4, 0.5) is 0 Å². The van der Waals surface area contributed by atoms with Gasteiger partial charge in [0.15, 0.2) is 0 Å². The molecule has 1 unspecified atom stereocenters. The summed E-state index contributed by atoms with van der Waals surface area (Å²) in [6, 6.07) is 4.16. The van der Waals surface area contributed by atoms with Crippen LogP contribution in [0.15, 0.2) is 48.6 Å². The Balaban J connectivity index is 3.46. The molecular weight excluding hydrogens is 292 g/mol. The van der Waals surface area contributed by atoms with E-state index in [0.29, 0.717) is 10.9 Å². The molecule has 0 bridgehead atoms. The van der Waals surface area contributed by atoms with E-state index in [-0.39, 0.29) is 0 Å². The Hall–Kier alpha value is -1.47. The summed E-state index contributed by atoms with van der Waals surface area (Å²) < 4.78 is 5.42. The monoisotopic (exact) mass is 318 g/mol. The highest BCUT2D eigenvalue weighted by molar-refractivity contribution is 6.32. The third kappa shape index (κ3) is 4.51. The fourth-order valence-electron chi connectivity index (χ4n) is 2.83. The van der Waals surface area contributed by atoms with E-state index in [9.17, 15) is 0 Å². The van der Waals surface area contributed by atoms with Crippen LogP contribution >= 0.6 is 11.6 Å². The van der Waals surface area contributed by atoms with Crippen molar-refractivity contribution in [1.82, 2.24) is 0 Å². The van der Waals surface area contributed by atoms with Crippen molar-refractivity contribution in [2.45, 2.75) is 46.0 Å². The van der Waals surface area contributed by atoms with Crippen LogP contribution in [0.25, 0.3) is 0 Å². The van der Waals surface area contributed by atoms with Crippen molar-refractivity contribution in [2.24, 2.45) is 0 Å². The molecule has 1 aromatic rings. The lowest BCUT2D eigenvalue weighted by molar-refractivity contribution is 0.414. The number of rotatable bonds is 8. The molecule has 0 aliphatic rings. The lowest BCUT2D eigenvalue weighted by atomic mass is 9.84. The van der Waals surface area contributed by atoms with Gasteiger partial charge in [-0.2, -0.15) is 0 Å². The van der Waals surface area contributed by atoms with Crippen molar-refractivity contribution in [3.8, 4) is 5.75 Å². The molecule has 1 atom stereocenters. The molecule has 22 heavy (non-hydrogen) atoms. The van der Waals surface area contributed by atoms with E-state index >= 15 is 0 Å². The van der Waals surface area contributed by atoms with Gasteiger partial charge in [-0.25, -0.2) is 0 Å². The average Bonchev–Trinajstić information content (AvgIpc) is 2.50. The van der Waals surface area contributed by atoms with Crippen LogP contribution in [-0.4, -0.2) is 7.11 Å². The third-order valence-corrected chi connectivity index (χ3v) is 4.08. The molecule has 0 spiro atoms. The number of aryl methyl sites for hydroxylation is 1. The van der Waals surface area contributed by atoms with Gasteiger partial charge in [0.05, 0.1) is 12.1 Å². The highest BCUT2D eigenvalue weighted by Crippen LogP contribution is 2.37. The number of hydrogen-bond donors (Lipinski definition) is 0. The molecule has 0 aliphatic heterocycles. The predicted octanol–water partition coefficient (Wildman–Crippen LogP) is 6.48. The van der Waals surface area contributed by atoms with Crippen molar-refractivity contribution in [2.75, 3.05) is 7.11 Å². The van der Waals surface area contributed by atoms with Gasteiger partial charge in [-0.15, -0.1) is 0 Å². The van der Waals surface area contributed by atoms with Crippen LogP contribution in [0, 0.1) is 0 Å². The molecule has 0 saturated carbocycles. The first-order valence-corrected chi connectivity index (χ1v) is 8.32. The Morgan fingerprint density at radius 3 is 2.59 bits per heavy atom. The van der Waals surface area contributed by atoms with E-state index in [1.807, 2.05) is 13.0 Å². The van der Waals surface area contributed by atoms with E-state index in [4.69, 9.17) is 16.3 Å². The Morgan fingerprint density at radius 2 is 2.09 bits per heavy atom. The van der Waals surface area contributed by atoms with Crippen LogP contribution in [-0.2, 0) is 6.42 Å². The van der Waals surface area contributed by atoms with Crippen LogP contribution < -0.4 is 4.74 Å². The second kappa shape index (κ2) is 9.53. The summed E-state index contributed by atoms with van der Waals surface area (Å²) in [5, 5.41) is 0.685. The maximum atomic E-state index is 6.32. The first-order chi connectivity index (χ1) is 10.6. The SMILES string of the molecule is C=C/C=C(\C=C/C)C(CC)c1cc(OC)c(Cl)cc1CCC.